The van der Waals surface area contributed by atoms with E-state index < -0.39 is 10.2 Å². The van der Waals surface area contributed by atoms with Crippen LogP contribution in [0.15, 0.2) is 34.1 Å². The zero-order chi connectivity index (χ0) is 22.0. The van der Waals surface area contributed by atoms with Gasteiger partial charge in [-0.2, -0.15) is 17.0 Å². The van der Waals surface area contributed by atoms with Crippen LogP contribution < -0.4 is 0 Å². The Hall–Kier alpha value is -1.86. The zero-order valence-electron chi connectivity index (χ0n) is 17.8. The fourth-order valence-electron chi connectivity index (χ4n) is 3.66. The van der Waals surface area contributed by atoms with Gasteiger partial charge in [0.05, 0.1) is 5.75 Å². The van der Waals surface area contributed by atoms with Gasteiger partial charge in [-0.3, -0.25) is 4.79 Å². The fraction of sp³-hybridized carbons (Fsp3) is 0.579. The lowest BCUT2D eigenvalue weighted by Gasteiger charge is -2.38. The summed E-state index contributed by atoms with van der Waals surface area (Å²) in [6.45, 7) is 3.76. The Morgan fingerprint density at radius 2 is 1.68 bits per heavy atom. The third kappa shape index (κ3) is 4.98. The molecule has 12 heteroatoms. The number of piperazine rings is 2. The highest BCUT2D eigenvalue weighted by atomic mass is 32.2. The quantitative estimate of drug-likeness (QED) is 0.572. The van der Waals surface area contributed by atoms with Crippen LogP contribution in [-0.2, 0) is 23.0 Å². The van der Waals surface area contributed by atoms with Crippen LogP contribution in [0.5, 0.6) is 0 Å². The minimum absolute atomic E-state index is 0.204. The molecule has 4 rings (SSSR count). The predicted molar refractivity (Wildman–Crippen MR) is 117 cm³/mol. The van der Waals surface area contributed by atoms with Crippen molar-refractivity contribution in [2.45, 2.75) is 10.9 Å². The van der Waals surface area contributed by atoms with Crippen molar-refractivity contribution in [1.29, 1.82) is 0 Å². The molecule has 1 amide bonds. The number of amides is 1. The second-order valence-electron chi connectivity index (χ2n) is 7.78. The van der Waals surface area contributed by atoms with Crippen LogP contribution in [0, 0.1) is 0 Å². The summed E-state index contributed by atoms with van der Waals surface area (Å²) in [5.41, 5.74) is 0. The lowest BCUT2D eigenvalue weighted by molar-refractivity contribution is 0.0659. The minimum Gasteiger partial charge on any atom is -0.455 e. The van der Waals surface area contributed by atoms with Gasteiger partial charge < -0.3 is 18.8 Å². The number of carbonyl (C=O) groups is 1. The third-order valence-electron chi connectivity index (χ3n) is 5.63. The maximum absolute atomic E-state index is 12.9. The van der Waals surface area contributed by atoms with E-state index in [0.717, 1.165) is 18.2 Å². The van der Waals surface area contributed by atoms with E-state index in [1.54, 1.807) is 27.5 Å². The first-order chi connectivity index (χ1) is 14.8. The van der Waals surface area contributed by atoms with Crippen LogP contribution in [0.3, 0.4) is 0 Å². The average molecular weight is 469 g/mol. The van der Waals surface area contributed by atoms with Crippen LogP contribution >= 0.6 is 11.8 Å². The number of aromatic nitrogens is 2. The number of furan rings is 1. The summed E-state index contributed by atoms with van der Waals surface area (Å²) in [6.07, 6.45) is 3.62. The largest absolute Gasteiger partial charge is 0.455 e. The average Bonchev–Trinajstić information content (AvgIpc) is 3.41. The number of imidazole rings is 1. The number of hydrogen-bond donors (Lipinski definition) is 0. The third-order valence-corrected chi connectivity index (χ3v) is 8.75. The van der Waals surface area contributed by atoms with Gasteiger partial charge in [0.2, 0.25) is 0 Å². The van der Waals surface area contributed by atoms with E-state index in [0.29, 0.717) is 50.8 Å². The standard InChI is InChI=1S/C19H28N6O4S2/c1-21-7-11-24(12-8-21)31(27,28)25-13-9-23(10-14-25)18(26)17-4-3-16(29-17)15-30-19-20-5-6-22(19)2/h3-6H,7-15H2,1-2H3. The Morgan fingerprint density at radius 1 is 1.03 bits per heavy atom. The molecule has 10 nitrogen and oxygen atoms in total. The summed E-state index contributed by atoms with van der Waals surface area (Å²) in [6, 6.07) is 3.49. The van der Waals surface area contributed by atoms with Crippen LogP contribution in [0.1, 0.15) is 16.3 Å². The molecule has 2 aliphatic heterocycles. The first-order valence-corrected chi connectivity index (χ1v) is 12.6. The van der Waals surface area contributed by atoms with Crippen molar-refractivity contribution in [1.82, 2.24) is 28.0 Å². The molecule has 0 saturated carbocycles. The topological polar surface area (TPSA) is 95.1 Å². The van der Waals surface area contributed by atoms with Gasteiger partial charge >= 0.3 is 0 Å². The lowest BCUT2D eigenvalue weighted by Crippen LogP contribution is -2.57. The number of rotatable bonds is 6. The van der Waals surface area contributed by atoms with Crippen LogP contribution in [0.25, 0.3) is 0 Å². The summed E-state index contributed by atoms with van der Waals surface area (Å²) in [7, 11) is 0.436. The van der Waals surface area contributed by atoms with E-state index in [-0.39, 0.29) is 11.7 Å². The van der Waals surface area contributed by atoms with Crippen molar-refractivity contribution in [2.75, 3.05) is 59.4 Å². The molecule has 2 aliphatic rings. The number of carbonyl (C=O) groups excluding carboxylic acids is 1. The van der Waals surface area contributed by atoms with Crippen molar-refractivity contribution in [3.63, 3.8) is 0 Å². The number of nitrogens with zero attached hydrogens (tertiary/aromatic N) is 6. The molecule has 0 aromatic carbocycles. The van der Waals surface area contributed by atoms with Gasteiger partial charge in [0.25, 0.3) is 16.1 Å². The molecule has 2 fully saturated rings. The molecule has 0 unspecified atom stereocenters. The highest BCUT2D eigenvalue weighted by Crippen LogP contribution is 2.23. The van der Waals surface area contributed by atoms with Gasteiger partial charge in [-0.15, -0.1) is 0 Å². The van der Waals surface area contributed by atoms with Crippen molar-refractivity contribution in [3.05, 3.63) is 36.0 Å². The van der Waals surface area contributed by atoms with E-state index >= 15 is 0 Å². The monoisotopic (exact) mass is 468 g/mol. The normalized spacial score (nSPS) is 19.7. The Bertz CT molecular complexity index is 1000. The van der Waals surface area contributed by atoms with Gasteiger partial charge in [0, 0.05) is 71.8 Å². The van der Waals surface area contributed by atoms with Crippen LogP contribution in [-0.4, -0.2) is 102 Å². The molecule has 2 saturated heterocycles. The summed E-state index contributed by atoms with van der Waals surface area (Å²) in [5, 5.41) is 0.877. The van der Waals surface area contributed by atoms with Crippen LogP contribution in [0.4, 0.5) is 0 Å². The first kappa shape index (κ1) is 22.3. The van der Waals surface area contributed by atoms with Gasteiger partial charge in [-0.1, -0.05) is 11.8 Å². The molecular weight excluding hydrogens is 440 g/mol. The SMILES string of the molecule is CN1CCN(S(=O)(=O)N2CCN(C(=O)c3ccc(CSc4nccn4C)o3)CC2)CC1. The Kier molecular flexibility index (Phi) is 6.72. The van der Waals surface area contributed by atoms with Crippen molar-refractivity contribution < 1.29 is 17.6 Å². The van der Waals surface area contributed by atoms with E-state index in [1.165, 1.54) is 16.1 Å². The number of thioether (sulfide) groups is 1. The Balaban J connectivity index is 1.30. The smallest absolute Gasteiger partial charge is 0.289 e. The fourth-order valence-corrected chi connectivity index (χ4v) is 6.06. The second kappa shape index (κ2) is 9.33. The summed E-state index contributed by atoms with van der Waals surface area (Å²) in [5.74, 6) is 1.36. The van der Waals surface area contributed by atoms with Gasteiger partial charge in [0.15, 0.2) is 10.9 Å². The van der Waals surface area contributed by atoms with Crippen molar-refractivity contribution in [2.24, 2.45) is 7.05 Å². The van der Waals surface area contributed by atoms with E-state index in [2.05, 4.69) is 9.88 Å². The number of aryl methyl sites for hydroxylation is 1. The molecule has 0 spiro atoms. The molecule has 2 aromatic heterocycles. The highest BCUT2D eigenvalue weighted by molar-refractivity contribution is 7.98. The summed E-state index contributed by atoms with van der Waals surface area (Å²) >= 11 is 1.54. The van der Waals surface area contributed by atoms with Crippen LogP contribution in [0.2, 0.25) is 0 Å². The lowest BCUT2D eigenvalue weighted by atomic mass is 10.3. The minimum atomic E-state index is -3.48. The van der Waals surface area contributed by atoms with Crippen molar-refractivity contribution in [3.8, 4) is 0 Å². The first-order valence-electron chi connectivity index (χ1n) is 10.3. The highest BCUT2D eigenvalue weighted by Gasteiger charge is 2.35. The molecule has 4 heterocycles. The summed E-state index contributed by atoms with van der Waals surface area (Å²) in [4.78, 5) is 20.9. The molecule has 170 valence electrons. The molecule has 2 aromatic rings. The molecule has 0 N–H and O–H groups in total. The molecule has 0 bridgehead atoms. The van der Waals surface area contributed by atoms with Gasteiger partial charge in [-0.25, -0.2) is 4.98 Å². The molecular formula is C19H28N6O4S2. The van der Waals surface area contributed by atoms with Gasteiger partial charge in [0.1, 0.15) is 5.76 Å². The number of likely N-dealkylation sites (N-methyl/N-ethyl adjacent to an activating group) is 1. The molecule has 0 aliphatic carbocycles. The predicted octanol–water partition coefficient (Wildman–Crippen LogP) is 0.555. The van der Waals surface area contributed by atoms with E-state index in [1.807, 2.05) is 24.9 Å². The summed E-state index contributed by atoms with van der Waals surface area (Å²) < 4.78 is 36.5. The molecule has 31 heavy (non-hydrogen) atoms. The number of hydrogen-bond acceptors (Lipinski definition) is 7. The van der Waals surface area contributed by atoms with Gasteiger partial charge in [-0.05, 0) is 19.2 Å². The maximum atomic E-state index is 12.9. The van der Waals surface area contributed by atoms with E-state index in [4.69, 9.17) is 4.42 Å². The van der Waals surface area contributed by atoms with E-state index in [9.17, 15) is 13.2 Å². The second-order valence-corrected chi connectivity index (χ2v) is 10.6. The Morgan fingerprint density at radius 3 is 2.29 bits per heavy atom. The molecule has 0 atom stereocenters. The molecule has 0 radical (unpaired) electrons. The van der Waals surface area contributed by atoms with Crippen molar-refractivity contribution >= 4 is 27.9 Å². The maximum Gasteiger partial charge on any atom is 0.289 e. The zero-order valence-corrected chi connectivity index (χ0v) is 19.4. The Labute approximate surface area is 187 Å².